The first kappa shape index (κ1) is 44.1. The summed E-state index contributed by atoms with van der Waals surface area (Å²) in [4.78, 5) is 0. The van der Waals surface area contributed by atoms with Crippen LogP contribution in [0, 0.1) is 0 Å². The van der Waals surface area contributed by atoms with Crippen LogP contribution in [-0.4, -0.2) is 26.4 Å². The van der Waals surface area contributed by atoms with Crippen LogP contribution < -0.4 is 5.30 Å². The molecule has 6 nitrogen and oxygen atoms in total. The molecule has 10 heteroatoms. The molecule has 0 radical (unpaired) electrons. The molecule has 4 rings (SSSR count). The second-order valence-corrected chi connectivity index (χ2v) is 18.7. The van der Waals surface area contributed by atoms with E-state index in [1.807, 2.05) is 44.2 Å². The van der Waals surface area contributed by atoms with Crippen molar-refractivity contribution in [1.29, 1.82) is 0 Å². The van der Waals surface area contributed by atoms with E-state index in [1.54, 1.807) is 13.8 Å². The third kappa shape index (κ3) is 13.8. The van der Waals surface area contributed by atoms with Crippen LogP contribution in [0.25, 0.3) is 22.3 Å². The van der Waals surface area contributed by atoms with Gasteiger partial charge in [-0.3, -0.25) is 13.6 Å². The average molecular weight is 808 g/mol. The molecule has 0 saturated carbocycles. The summed E-state index contributed by atoms with van der Waals surface area (Å²) in [6.07, 6.45) is 0. The number of hydrogen-bond donors (Lipinski definition) is 0. The summed E-state index contributed by atoms with van der Waals surface area (Å²) in [5, 5.41) is 0.622. The van der Waals surface area contributed by atoms with Crippen LogP contribution in [0.3, 0.4) is 0 Å². The lowest BCUT2D eigenvalue weighted by atomic mass is 9.86. The van der Waals surface area contributed by atoms with E-state index in [4.69, 9.17) is 20.3 Å². The Hall–Kier alpha value is -2.05. The fourth-order valence-electron chi connectivity index (χ4n) is 4.81. The van der Waals surface area contributed by atoms with Gasteiger partial charge < -0.3 is 9.05 Å². The maximum absolute atomic E-state index is 13.2. The maximum atomic E-state index is 13.2. The average Bonchev–Trinajstić information content (AvgIpc) is 3.05. The van der Waals surface area contributed by atoms with Gasteiger partial charge in [-0.1, -0.05) is 142 Å². The number of benzene rings is 4. The molecule has 0 aromatic heterocycles. The summed E-state index contributed by atoms with van der Waals surface area (Å²) in [5.41, 5.74) is 7.35. The quantitative estimate of drug-likeness (QED) is 0.141. The van der Waals surface area contributed by atoms with Gasteiger partial charge in [0.15, 0.2) is 0 Å². The van der Waals surface area contributed by atoms with Gasteiger partial charge in [0.1, 0.15) is 0 Å². The Morgan fingerprint density at radius 2 is 0.900 bits per heavy atom. The maximum Gasteiger partial charge on any atom is 0.424 e. The third-order valence-corrected chi connectivity index (χ3v) is 11.9. The Morgan fingerprint density at radius 1 is 0.540 bits per heavy atom. The highest BCUT2D eigenvalue weighted by atomic mass is 79.9. The molecule has 274 valence electrons. The summed E-state index contributed by atoms with van der Waals surface area (Å²) in [7, 11) is -3.32. The monoisotopic (exact) mass is 806 g/mol. The summed E-state index contributed by atoms with van der Waals surface area (Å²) in [5.74, 6) is 0. The second-order valence-electron chi connectivity index (χ2n) is 13.3. The molecule has 0 heterocycles. The Kier molecular flexibility index (Phi) is 17.9. The van der Waals surface area contributed by atoms with E-state index in [1.165, 1.54) is 22.3 Å². The van der Waals surface area contributed by atoms with Crippen molar-refractivity contribution in [3.63, 3.8) is 0 Å². The van der Waals surface area contributed by atoms with Crippen molar-refractivity contribution in [2.24, 2.45) is 0 Å². The molecule has 4 aromatic rings. The minimum Gasteiger partial charge on any atom is -0.305 e. The Morgan fingerprint density at radius 3 is 1.28 bits per heavy atom. The van der Waals surface area contributed by atoms with Gasteiger partial charge in [-0.25, -0.2) is 4.57 Å². The van der Waals surface area contributed by atoms with Gasteiger partial charge in [0, 0.05) is 15.7 Å². The smallest absolute Gasteiger partial charge is 0.305 e. The summed E-state index contributed by atoms with van der Waals surface area (Å²) in [6, 6.07) is 33.1. The van der Waals surface area contributed by atoms with Crippen molar-refractivity contribution in [1.82, 2.24) is 0 Å². The van der Waals surface area contributed by atoms with Crippen molar-refractivity contribution in [2.75, 3.05) is 26.4 Å². The zero-order chi connectivity index (χ0) is 37.6. The number of rotatable bonds is 11. The molecule has 0 unspecified atom stereocenters. The van der Waals surface area contributed by atoms with Crippen LogP contribution in [0.1, 0.15) is 80.4 Å². The molecule has 0 fully saturated rings. The summed E-state index contributed by atoms with van der Waals surface area (Å²) >= 11 is 8.84. The molecular weight excluding hydrogens is 754 g/mol. The Bertz CT molecular complexity index is 1680. The highest BCUT2D eigenvalue weighted by Crippen LogP contribution is 2.53. The SMILES string of the molecule is CC(C)(C)c1ccc(-c2ccccc2Br)cc1.CCOP(=O)(Cl)OCC.CCOP(=O)(OCC)c1ccccc1-c1ccc(C(C)(C)C)cc1. The third-order valence-electron chi connectivity index (χ3n) is 7.36. The molecular formula is C40H54BrClO6P2. The van der Waals surface area contributed by atoms with E-state index in [9.17, 15) is 9.13 Å². The molecule has 50 heavy (non-hydrogen) atoms. The first-order valence-corrected chi connectivity index (χ1v) is 21.7. The van der Waals surface area contributed by atoms with Crippen molar-refractivity contribution < 1.29 is 27.2 Å². The molecule has 0 N–H and O–H groups in total. The van der Waals surface area contributed by atoms with Gasteiger partial charge in [0.2, 0.25) is 0 Å². The minimum atomic E-state index is -3.32. The number of hydrogen-bond acceptors (Lipinski definition) is 6. The van der Waals surface area contributed by atoms with E-state index >= 15 is 0 Å². The van der Waals surface area contributed by atoms with Gasteiger partial charge in [0.25, 0.3) is 0 Å². The standard InChI is InChI=1S/C20H27O3P.C16H17Br.C4H10ClO3P/c1-6-22-24(21,23-7-2)19-11-9-8-10-18(19)16-12-14-17(15-13-16)20(3,4)5;1-16(2,3)13-10-8-12(9-11-13)14-6-4-5-7-15(14)17;1-3-7-9(5,6)8-4-2/h8-15H,6-7H2,1-5H3;4-11H,1-3H3;3-4H2,1-2H3. The van der Waals surface area contributed by atoms with Gasteiger partial charge in [-0.2, -0.15) is 0 Å². The fraction of sp³-hybridized carbons (Fsp3) is 0.400. The van der Waals surface area contributed by atoms with Gasteiger partial charge >= 0.3 is 14.5 Å². The van der Waals surface area contributed by atoms with Crippen LogP contribution in [0.4, 0.5) is 0 Å². The first-order valence-electron chi connectivity index (χ1n) is 17.0. The van der Waals surface area contributed by atoms with Crippen LogP contribution in [0.5, 0.6) is 0 Å². The Balaban J connectivity index is 0.000000289. The molecule has 4 aromatic carbocycles. The van der Waals surface area contributed by atoms with Crippen LogP contribution >= 0.6 is 41.7 Å². The zero-order valence-electron chi connectivity index (χ0n) is 31.2. The molecule has 0 aliphatic heterocycles. The fourth-order valence-corrected chi connectivity index (χ4v) is 8.40. The molecule has 0 aliphatic carbocycles. The van der Waals surface area contributed by atoms with Gasteiger partial charge in [-0.05, 0) is 84.0 Å². The molecule has 0 spiro atoms. The largest absolute Gasteiger partial charge is 0.424 e. The van der Waals surface area contributed by atoms with Gasteiger partial charge in [-0.15, -0.1) is 0 Å². The molecule has 0 saturated heterocycles. The van der Waals surface area contributed by atoms with E-state index in [2.05, 4.69) is 133 Å². The van der Waals surface area contributed by atoms with Crippen molar-refractivity contribution in [3.8, 4) is 22.3 Å². The van der Waals surface area contributed by atoms with E-state index in [0.29, 0.717) is 31.7 Å². The van der Waals surface area contributed by atoms with E-state index in [-0.39, 0.29) is 10.8 Å². The second kappa shape index (κ2) is 20.3. The lowest BCUT2D eigenvalue weighted by Crippen LogP contribution is -2.14. The van der Waals surface area contributed by atoms with Crippen LogP contribution in [0.2, 0.25) is 0 Å². The zero-order valence-corrected chi connectivity index (χ0v) is 35.3. The molecule has 0 atom stereocenters. The van der Waals surface area contributed by atoms with Crippen molar-refractivity contribution in [2.45, 2.75) is 80.1 Å². The van der Waals surface area contributed by atoms with Crippen LogP contribution in [-0.2, 0) is 38.1 Å². The van der Waals surface area contributed by atoms with Crippen LogP contribution in [0.15, 0.2) is 102 Å². The first-order chi connectivity index (χ1) is 23.4. The highest BCUT2D eigenvalue weighted by Gasteiger charge is 2.30. The summed E-state index contributed by atoms with van der Waals surface area (Å²) < 4.78 is 45.3. The molecule has 0 aliphatic rings. The highest BCUT2D eigenvalue weighted by molar-refractivity contribution is 9.10. The predicted molar refractivity (Wildman–Crippen MR) is 216 cm³/mol. The van der Waals surface area contributed by atoms with Crippen molar-refractivity contribution in [3.05, 3.63) is 113 Å². The minimum absolute atomic E-state index is 0.101. The predicted octanol–water partition coefficient (Wildman–Crippen LogP) is 13.4. The molecule has 0 bridgehead atoms. The lowest BCUT2D eigenvalue weighted by molar-refractivity contribution is 0.230. The van der Waals surface area contributed by atoms with E-state index in [0.717, 1.165) is 15.6 Å². The van der Waals surface area contributed by atoms with Gasteiger partial charge in [0.05, 0.1) is 31.7 Å². The number of halogens is 2. The Labute approximate surface area is 314 Å². The summed E-state index contributed by atoms with van der Waals surface area (Å²) in [6.45, 7) is 18.4. The normalized spacial score (nSPS) is 12.0. The topological polar surface area (TPSA) is 71.1 Å². The van der Waals surface area contributed by atoms with E-state index < -0.39 is 14.5 Å². The molecule has 0 amide bonds. The lowest BCUT2D eigenvalue weighted by Gasteiger charge is -2.21. The van der Waals surface area contributed by atoms with Crippen molar-refractivity contribution >= 4 is 47.0 Å².